The van der Waals surface area contributed by atoms with Gasteiger partial charge in [0.15, 0.2) is 9.84 Å². The van der Waals surface area contributed by atoms with Gasteiger partial charge in [-0.15, -0.1) is 0 Å². The highest BCUT2D eigenvalue weighted by Gasteiger charge is 2.48. The Kier molecular flexibility index (Phi) is 1.69. The van der Waals surface area contributed by atoms with Gasteiger partial charge in [-0.3, -0.25) is 4.90 Å². The summed E-state index contributed by atoms with van der Waals surface area (Å²) in [6, 6.07) is -0.162. The molecule has 2 rings (SSSR count). The molecule has 2 heterocycles. The molecule has 2 fully saturated rings. The van der Waals surface area contributed by atoms with Gasteiger partial charge in [-0.2, -0.15) is 0 Å². The minimum absolute atomic E-state index is 0.0407. The smallest absolute Gasteiger partial charge is 0.216 e. The molecule has 3 unspecified atom stereocenters. The standard InChI is InChI=1S/C6H11NO4S/c1-7-4-2-12(9,10)3-5(4)11-6(7)8/h4-6,8H,2-3H2,1H3. The average molecular weight is 193 g/mol. The molecule has 0 amide bonds. The van der Waals surface area contributed by atoms with Crippen molar-refractivity contribution in [3.63, 3.8) is 0 Å². The van der Waals surface area contributed by atoms with E-state index in [2.05, 4.69) is 0 Å². The quantitative estimate of drug-likeness (QED) is 0.501. The lowest BCUT2D eigenvalue weighted by molar-refractivity contribution is -0.140. The number of nitrogens with zero attached hydrogens (tertiary/aromatic N) is 1. The zero-order valence-electron chi connectivity index (χ0n) is 6.67. The van der Waals surface area contributed by atoms with Crippen molar-refractivity contribution in [1.29, 1.82) is 0 Å². The second-order valence-corrected chi connectivity index (χ2v) is 5.46. The Hall–Kier alpha value is -0.170. The lowest BCUT2D eigenvalue weighted by Crippen LogP contribution is -2.35. The van der Waals surface area contributed by atoms with Gasteiger partial charge in [-0.05, 0) is 7.05 Å². The number of hydrogen-bond acceptors (Lipinski definition) is 5. The van der Waals surface area contributed by atoms with Gasteiger partial charge in [-0.1, -0.05) is 0 Å². The second kappa shape index (κ2) is 2.41. The fourth-order valence-electron chi connectivity index (χ4n) is 1.72. The number of fused-ring (bicyclic) bond motifs is 1. The lowest BCUT2D eigenvalue weighted by Gasteiger charge is -2.16. The molecule has 0 aromatic rings. The first-order chi connectivity index (χ1) is 5.49. The van der Waals surface area contributed by atoms with Crippen molar-refractivity contribution in [2.75, 3.05) is 18.6 Å². The molecule has 0 saturated carbocycles. The molecule has 5 nitrogen and oxygen atoms in total. The van der Waals surface area contributed by atoms with Crippen LogP contribution in [0.3, 0.4) is 0 Å². The Balaban J connectivity index is 2.21. The minimum Gasteiger partial charge on any atom is -0.356 e. The molecule has 70 valence electrons. The number of ether oxygens (including phenoxy) is 1. The van der Waals surface area contributed by atoms with Crippen LogP contribution < -0.4 is 0 Å². The minimum atomic E-state index is -2.94. The average Bonchev–Trinajstić information content (AvgIpc) is 2.33. The maximum Gasteiger partial charge on any atom is 0.216 e. The van der Waals surface area contributed by atoms with E-state index in [9.17, 15) is 13.5 Å². The van der Waals surface area contributed by atoms with E-state index in [-0.39, 0.29) is 23.7 Å². The number of hydrogen-bond donors (Lipinski definition) is 1. The summed E-state index contributed by atoms with van der Waals surface area (Å²) in [5.74, 6) is 0.143. The first-order valence-corrected chi connectivity index (χ1v) is 5.58. The molecule has 0 bridgehead atoms. The summed E-state index contributed by atoms with van der Waals surface area (Å²) in [5.41, 5.74) is 0. The Morgan fingerprint density at radius 1 is 1.50 bits per heavy atom. The molecular formula is C6H11NO4S. The fourth-order valence-corrected chi connectivity index (χ4v) is 3.63. The summed E-state index contributed by atoms with van der Waals surface area (Å²) in [7, 11) is -1.28. The van der Waals surface area contributed by atoms with Gasteiger partial charge >= 0.3 is 0 Å². The van der Waals surface area contributed by atoms with E-state index in [1.807, 2.05) is 0 Å². The molecule has 0 aromatic carbocycles. The summed E-state index contributed by atoms with van der Waals surface area (Å²) in [6.45, 7) is 0. The molecule has 3 atom stereocenters. The van der Waals surface area contributed by atoms with Crippen LogP contribution in [0, 0.1) is 0 Å². The van der Waals surface area contributed by atoms with Crippen LogP contribution in [0.15, 0.2) is 0 Å². The van der Waals surface area contributed by atoms with Crippen LogP contribution >= 0.6 is 0 Å². The third-order valence-corrected chi connectivity index (χ3v) is 4.13. The highest BCUT2D eigenvalue weighted by atomic mass is 32.2. The third kappa shape index (κ3) is 1.15. The SMILES string of the molecule is CN1C(O)OC2CS(=O)(=O)CC21. The largest absolute Gasteiger partial charge is 0.356 e. The van der Waals surface area contributed by atoms with E-state index >= 15 is 0 Å². The van der Waals surface area contributed by atoms with Crippen molar-refractivity contribution < 1.29 is 18.3 Å². The van der Waals surface area contributed by atoms with Crippen molar-refractivity contribution in [2.24, 2.45) is 0 Å². The van der Waals surface area contributed by atoms with Crippen LogP contribution in [0.5, 0.6) is 0 Å². The number of aliphatic hydroxyl groups is 1. The van der Waals surface area contributed by atoms with E-state index < -0.39 is 16.3 Å². The molecule has 6 heteroatoms. The highest BCUT2D eigenvalue weighted by molar-refractivity contribution is 7.91. The Bertz CT molecular complexity index is 288. The molecular weight excluding hydrogens is 182 g/mol. The van der Waals surface area contributed by atoms with Gasteiger partial charge in [0, 0.05) is 0 Å². The van der Waals surface area contributed by atoms with E-state index in [1.54, 1.807) is 11.9 Å². The van der Waals surface area contributed by atoms with Gasteiger partial charge in [0.1, 0.15) is 0 Å². The number of sulfone groups is 1. The van der Waals surface area contributed by atoms with Gasteiger partial charge < -0.3 is 9.84 Å². The van der Waals surface area contributed by atoms with Crippen LogP contribution in [0.25, 0.3) is 0 Å². The normalized spacial score (nSPS) is 46.3. The predicted octanol–water partition coefficient (Wildman–Crippen LogP) is -1.61. The molecule has 12 heavy (non-hydrogen) atoms. The third-order valence-electron chi connectivity index (χ3n) is 2.44. The first-order valence-electron chi connectivity index (χ1n) is 3.75. The summed E-state index contributed by atoms with van der Waals surface area (Å²) >= 11 is 0. The van der Waals surface area contributed by atoms with Crippen molar-refractivity contribution in [3.05, 3.63) is 0 Å². The van der Waals surface area contributed by atoms with E-state index in [0.29, 0.717) is 0 Å². The van der Waals surface area contributed by atoms with Crippen molar-refractivity contribution >= 4 is 9.84 Å². The lowest BCUT2D eigenvalue weighted by atomic mass is 10.2. The fraction of sp³-hybridized carbons (Fsp3) is 1.00. The summed E-state index contributed by atoms with van der Waals surface area (Å²) < 4.78 is 27.3. The molecule has 2 saturated heterocycles. The van der Waals surface area contributed by atoms with Crippen molar-refractivity contribution in [1.82, 2.24) is 4.90 Å². The van der Waals surface area contributed by atoms with E-state index in [4.69, 9.17) is 4.74 Å². The maximum absolute atomic E-state index is 11.1. The van der Waals surface area contributed by atoms with Crippen LogP contribution in [0.1, 0.15) is 0 Å². The maximum atomic E-state index is 11.1. The first kappa shape index (κ1) is 8.43. The van der Waals surface area contributed by atoms with E-state index in [1.165, 1.54) is 0 Å². The van der Waals surface area contributed by atoms with Crippen molar-refractivity contribution in [2.45, 2.75) is 18.6 Å². The van der Waals surface area contributed by atoms with Crippen LogP contribution in [-0.4, -0.2) is 55.5 Å². The Labute approximate surface area is 70.8 Å². The molecule has 2 aliphatic heterocycles. The topological polar surface area (TPSA) is 66.8 Å². The Morgan fingerprint density at radius 2 is 2.17 bits per heavy atom. The van der Waals surface area contributed by atoms with Gasteiger partial charge in [0.2, 0.25) is 6.41 Å². The molecule has 0 radical (unpaired) electrons. The Morgan fingerprint density at radius 3 is 2.75 bits per heavy atom. The highest BCUT2D eigenvalue weighted by Crippen LogP contribution is 2.28. The molecule has 0 aliphatic carbocycles. The zero-order chi connectivity index (χ0) is 8.93. The number of aliphatic hydroxyl groups excluding tert-OH is 1. The number of likely N-dealkylation sites (N-methyl/N-ethyl adjacent to an activating group) is 1. The molecule has 0 aromatic heterocycles. The van der Waals surface area contributed by atoms with E-state index in [0.717, 1.165) is 0 Å². The molecule has 0 spiro atoms. The zero-order valence-corrected chi connectivity index (χ0v) is 7.49. The summed E-state index contributed by atoms with van der Waals surface area (Å²) in [4.78, 5) is 1.55. The van der Waals surface area contributed by atoms with Gasteiger partial charge in [-0.25, -0.2) is 8.42 Å². The van der Waals surface area contributed by atoms with Crippen LogP contribution in [-0.2, 0) is 14.6 Å². The van der Waals surface area contributed by atoms with Crippen LogP contribution in [0.4, 0.5) is 0 Å². The van der Waals surface area contributed by atoms with Gasteiger partial charge in [0.25, 0.3) is 0 Å². The summed E-state index contributed by atoms with van der Waals surface area (Å²) in [5, 5.41) is 9.18. The predicted molar refractivity (Wildman–Crippen MR) is 41.1 cm³/mol. The number of rotatable bonds is 0. The monoisotopic (exact) mass is 193 g/mol. The van der Waals surface area contributed by atoms with Gasteiger partial charge in [0.05, 0.1) is 23.7 Å². The van der Waals surface area contributed by atoms with Crippen molar-refractivity contribution in [3.8, 4) is 0 Å². The second-order valence-electron chi connectivity index (χ2n) is 3.31. The van der Waals surface area contributed by atoms with Crippen LogP contribution in [0.2, 0.25) is 0 Å². The molecule has 2 aliphatic rings. The molecule has 1 N–H and O–H groups in total. The summed E-state index contributed by atoms with van der Waals surface area (Å²) in [6.07, 6.45) is -1.27.